The summed E-state index contributed by atoms with van der Waals surface area (Å²) in [6, 6.07) is 14.5. The SMILES string of the molecule is O=C(CNCc1ccccc1O)Nc1cccc(Br)c1. The summed E-state index contributed by atoms with van der Waals surface area (Å²) < 4.78 is 0.914. The van der Waals surface area contributed by atoms with E-state index in [1.165, 1.54) is 0 Å². The highest BCUT2D eigenvalue weighted by atomic mass is 79.9. The van der Waals surface area contributed by atoms with E-state index >= 15 is 0 Å². The second-order valence-corrected chi connectivity index (χ2v) is 5.21. The van der Waals surface area contributed by atoms with Crippen molar-refractivity contribution in [2.75, 3.05) is 11.9 Å². The Morgan fingerprint density at radius 2 is 1.95 bits per heavy atom. The van der Waals surface area contributed by atoms with Crippen LogP contribution in [0.4, 0.5) is 5.69 Å². The van der Waals surface area contributed by atoms with Crippen LogP contribution >= 0.6 is 15.9 Å². The molecule has 0 heterocycles. The lowest BCUT2D eigenvalue weighted by Gasteiger charge is -2.08. The van der Waals surface area contributed by atoms with Crippen molar-refractivity contribution in [3.8, 4) is 5.75 Å². The zero-order valence-corrected chi connectivity index (χ0v) is 12.4. The molecule has 0 aromatic heterocycles. The molecule has 0 aliphatic rings. The second-order valence-electron chi connectivity index (χ2n) is 4.29. The van der Waals surface area contributed by atoms with Crippen molar-refractivity contribution >= 4 is 27.5 Å². The number of halogens is 1. The largest absolute Gasteiger partial charge is 0.508 e. The number of hydrogen-bond acceptors (Lipinski definition) is 3. The maximum atomic E-state index is 11.7. The highest BCUT2D eigenvalue weighted by molar-refractivity contribution is 9.10. The van der Waals surface area contributed by atoms with Gasteiger partial charge in [0.2, 0.25) is 5.91 Å². The Labute approximate surface area is 126 Å². The van der Waals surface area contributed by atoms with Crippen LogP contribution in [0, 0.1) is 0 Å². The van der Waals surface area contributed by atoms with Crippen LogP contribution in [-0.4, -0.2) is 17.6 Å². The smallest absolute Gasteiger partial charge is 0.238 e. The van der Waals surface area contributed by atoms with E-state index in [0.717, 1.165) is 15.7 Å². The van der Waals surface area contributed by atoms with Crippen molar-refractivity contribution in [1.29, 1.82) is 0 Å². The van der Waals surface area contributed by atoms with Crippen LogP contribution in [0.2, 0.25) is 0 Å². The van der Waals surface area contributed by atoms with Crippen molar-refractivity contribution < 1.29 is 9.90 Å². The van der Waals surface area contributed by atoms with Crippen molar-refractivity contribution in [3.05, 3.63) is 58.6 Å². The van der Waals surface area contributed by atoms with Crippen LogP contribution in [0.15, 0.2) is 53.0 Å². The second kappa shape index (κ2) is 7.07. The quantitative estimate of drug-likeness (QED) is 0.787. The lowest BCUT2D eigenvalue weighted by atomic mass is 10.2. The topological polar surface area (TPSA) is 61.4 Å². The zero-order chi connectivity index (χ0) is 14.4. The summed E-state index contributed by atoms with van der Waals surface area (Å²) >= 11 is 3.35. The third-order valence-corrected chi connectivity index (χ3v) is 3.19. The third kappa shape index (κ3) is 4.36. The van der Waals surface area contributed by atoms with Gasteiger partial charge in [-0.1, -0.05) is 40.2 Å². The molecule has 20 heavy (non-hydrogen) atoms. The molecule has 2 aromatic carbocycles. The lowest BCUT2D eigenvalue weighted by Crippen LogP contribution is -2.27. The van der Waals surface area contributed by atoms with E-state index in [2.05, 4.69) is 26.6 Å². The van der Waals surface area contributed by atoms with Crippen LogP contribution < -0.4 is 10.6 Å². The Bertz CT molecular complexity index is 602. The van der Waals surface area contributed by atoms with Gasteiger partial charge >= 0.3 is 0 Å². The number of anilines is 1. The summed E-state index contributed by atoms with van der Waals surface area (Å²) in [5, 5.41) is 15.4. The minimum absolute atomic E-state index is 0.126. The van der Waals surface area contributed by atoms with Gasteiger partial charge in [0.05, 0.1) is 6.54 Å². The number of nitrogens with one attached hydrogen (secondary N) is 2. The van der Waals surface area contributed by atoms with Crippen LogP contribution in [0.1, 0.15) is 5.56 Å². The molecule has 3 N–H and O–H groups in total. The number of benzene rings is 2. The Morgan fingerprint density at radius 3 is 2.70 bits per heavy atom. The number of phenolic OH excluding ortho intramolecular Hbond substituents is 1. The van der Waals surface area contributed by atoms with E-state index in [1.54, 1.807) is 12.1 Å². The highest BCUT2D eigenvalue weighted by Crippen LogP contribution is 2.16. The Balaban J connectivity index is 1.80. The maximum absolute atomic E-state index is 11.7. The molecule has 4 nitrogen and oxygen atoms in total. The molecule has 0 aliphatic heterocycles. The summed E-state index contributed by atoms with van der Waals surface area (Å²) in [6.45, 7) is 0.624. The van der Waals surface area contributed by atoms with Gasteiger partial charge in [-0.15, -0.1) is 0 Å². The molecule has 0 saturated carbocycles. The highest BCUT2D eigenvalue weighted by Gasteiger charge is 2.04. The molecule has 2 aromatic rings. The normalized spacial score (nSPS) is 10.2. The minimum atomic E-state index is -0.126. The molecule has 5 heteroatoms. The van der Waals surface area contributed by atoms with Gasteiger partial charge in [0.1, 0.15) is 5.75 Å². The van der Waals surface area contributed by atoms with Gasteiger partial charge in [-0.25, -0.2) is 0 Å². The van der Waals surface area contributed by atoms with Gasteiger partial charge in [-0.3, -0.25) is 4.79 Å². The number of aromatic hydroxyl groups is 1. The van der Waals surface area contributed by atoms with Crippen LogP contribution in [0.3, 0.4) is 0 Å². The number of hydrogen-bond donors (Lipinski definition) is 3. The fourth-order valence-electron chi connectivity index (χ4n) is 1.74. The maximum Gasteiger partial charge on any atom is 0.238 e. The van der Waals surface area contributed by atoms with Gasteiger partial charge in [0.15, 0.2) is 0 Å². The molecule has 0 atom stereocenters. The van der Waals surface area contributed by atoms with Crippen molar-refractivity contribution in [3.63, 3.8) is 0 Å². The number of para-hydroxylation sites is 1. The molecule has 1 amide bonds. The number of rotatable bonds is 5. The first-order chi connectivity index (χ1) is 9.65. The van der Waals surface area contributed by atoms with E-state index in [9.17, 15) is 9.90 Å². The molecule has 0 fully saturated rings. The summed E-state index contributed by atoms with van der Waals surface area (Å²) in [7, 11) is 0. The molecule has 0 saturated heterocycles. The van der Waals surface area contributed by atoms with Gasteiger partial charge in [-0.2, -0.15) is 0 Å². The average molecular weight is 335 g/mol. The minimum Gasteiger partial charge on any atom is -0.508 e. The standard InChI is InChI=1S/C15H15BrN2O2/c16-12-5-3-6-13(8-12)18-15(20)10-17-9-11-4-1-2-7-14(11)19/h1-8,17,19H,9-10H2,(H,18,20). The molecular formula is C15H15BrN2O2. The number of carbonyl (C=O) groups excluding carboxylic acids is 1. The Hall–Kier alpha value is -1.85. The van der Waals surface area contributed by atoms with Crippen molar-refractivity contribution in [2.24, 2.45) is 0 Å². The third-order valence-electron chi connectivity index (χ3n) is 2.70. The molecule has 104 valence electrons. The fraction of sp³-hybridized carbons (Fsp3) is 0.133. The van der Waals surface area contributed by atoms with Crippen LogP contribution in [-0.2, 0) is 11.3 Å². The van der Waals surface area contributed by atoms with Crippen molar-refractivity contribution in [2.45, 2.75) is 6.54 Å². The van der Waals surface area contributed by atoms with E-state index in [1.807, 2.05) is 36.4 Å². The predicted octanol–water partition coefficient (Wildman–Crippen LogP) is 2.88. The number of phenols is 1. The first kappa shape index (κ1) is 14.6. The number of carbonyl (C=O) groups is 1. The van der Waals surface area contributed by atoms with Crippen LogP contribution in [0.5, 0.6) is 5.75 Å². The van der Waals surface area contributed by atoms with E-state index in [0.29, 0.717) is 6.54 Å². The average Bonchev–Trinajstić information content (AvgIpc) is 2.41. The van der Waals surface area contributed by atoms with Gasteiger partial charge < -0.3 is 15.7 Å². The fourth-order valence-corrected chi connectivity index (χ4v) is 2.14. The Morgan fingerprint density at radius 1 is 1.15 bits per heavy atom. The van der Waals surface area contributed by atoms with Gasteiger partial charge in [0, 0.05) is 22.3 Å². The summed E-state index contributed by atoms with van der Waals surface area (Å²) in [5.74, 6) is 0.103. The summed E-state index contributed by atoms with van der Waals surface area (Å²) in [5.41, 5.74) is 1.51. The molecule has 2 rings (SSSR count). The van der Waals surface area contributed by atoms with Crippen molar-refractivity contribution in [1.82, 2.24) is 5.32 Å². The first-order valence-corrected chi connectivity index (χ1v) is 6.97. The molecule has 0 unspecified atom stereocenters. The van der Waals surface area contributed by atoms with Crippen LogP contribution in [0.25, 0.3) is 0 Å². The molecule has 0 bridgehead atoms. The summed E-state index contributed by atoms with van der Waals surface area (Å²) in [6.07, 6.45) is 0. The molecule has 0 spiro atoms. The molecule has 0 radical (unpaired) electrons. The summed E-state index contributed by atoms with van der Waals surface area (Å²) in [4.78, 5) is 11.7. The van der Waals surface area contributed by atoms with Gasteiger partial charge in [0.25, 0.3) is 0 Å². The molecular weight excluding hydrogens is 320 g/mol. The lowest BCUT2D eigenvalue weighted by molar-refractivity contribution is -0.115. The molecule has 0 aliphatic carbocycles. The number of amides is 1. The van der Waals surface area contributed by atoms with E-state index in [4.69, 9.17) is 0 Å². The monoisotopic (exact) mass is 334 g/mol. The zero-order valence-electron chi connectivity index (χ0n) is 10.8. The predicted molar refractivity (Wildman–Crippen MR) is 82.6 cm³/mol. The Kier molecular flexibility index (Phi) is 5.15. The van der Waals surface area contributed by atoms with Gasteiger partial charge in [-0.05, 0) is 24.3 Å². The first-order valence-electron chi connectivity index (χ1n) is 6.18. The van der Waals surface area contributed by atoms with E-state index < -0.39 is 0 Å². The van der Waals surface area contributed by atoms with E-state index in [-0.39, 0.29) is 18.2 Å².